The molecule has 29 heavy (non-hydrogen) atoms. The first-order valence-corrected chi connectivity index (χ1v) is 9.38. The molecule has 150 valence electrons. The smallest absolute Gasteiger partial charge is 0.132 e. The number of halogens is 2. The zero-order valence-corrected chi connectivity index (χ0v) is 15.9. The predicted molar refractivity (Wildman–Crippen MR) is 109 cm³/mol. The number of alkyl halides is 1. The summed E-state index contributed by atoms with van der Waals surface area (Å²) in [7, 11) is 1.59. The summed E-state index contributed by atoms with van der Waals surface area (Å²) in [5.74, 6) is -0.238. The molecule has 2 unspecified atom stereocenters. The number of H-pyrrole nitrogens is 1. The minimum atomic E-state index is -0.560. The quantitative estimate of drug-likeness (QED) is 0.624. The standard InChI is InChI=1S/C20H21F2N7/c1-24-9-13(8-23)14-4-15-17(5-16(14)22)27-28-20(15)18-6-19(26-11-25-18)29-3-2-12(7-21)10-29/h4-6,8-9,11-13,23H,2-3,7,10H2,1H3,(H,27,28). The second-order valence-corrected chi connectivity index (χ2v) is 7.11. The molecule has 0 radical (unpaired) electrons. The zero-order valence-electron chi connectivity index (χ0n) is 15.9. The van der Waals surface area contributed by atoms with Crippen LogP contribution in [0.2, 0.25) is 0 Å². The van der Waals surface area contributed by atoms with Gasteiger partial charge in [-0.3, -0.25) is 14.5 Å². The zero-order chi connectivity index (χ0) is 20.4. The Morgan fingerprint density at radius 3 is 2.97 bits per heavy atom. The van der Waals surface area contributed by atoms with Crippen LogP contribution in [0.15, 0.2) is 29.5 Å². The highest BCUT2D eigenvalue weighted by Gasteiger charge is 2.24. The number of aliphatic imine (C=N–C) groups is 1. The molecule has 2 N–H and O–H groups in total. The van der Waals surface area contributed by atoms with Gasteiger partial charge in [0, 0.05) is 55.5 Å². The maximum Gasteiger partial charge on any atom is 0.132 e. The third-order valence-electron chi connectivity index (χ3n) is 5.25. The van der Waals surface area contributed by atoms with Crippen LogP contribution in [0.1, 0.15) is 17.9 Å². The Bertz CT molecular complexity index is 1060. The maximum atomic E-state index is 14.6. The van der Waals surface area contributed by atoms with E-state index in [1.807, 2.05) is 11.0 Å². The minimum absolute atomic E-state index is 0.0310. The van der Waals surface area contributed by atoms with Crippen molar-refractivity contribution in [2.24, 2.45) is 10.9 Å². The van der Waals surface area contributed by atoms with Crippen LogP contribution in [-0.4, -0.2) is 59.4 Å². The molecule has 3 aromatic rings. The Morgan fingerprint density at radius 2 is 2.24 bits per heavy atom. The Kier molecular flexibility index (Phi) is 5.28. The van der Waals surface area contributed by atoms with Crippen molar-refractivity contribution in [3.63, 3.8) is 0 Å². The van der Waals surface area contributed by atoms with Crippen molar-refractivity contribution >= 4 is 29.1 Å². The fraction of sp³-hybridized carbons (Fsp3) is 0.350. The SMILES string of the molecule is CN=CC(C=N)c1cc2c(-c3cc(N4CCC(CF)C4)ncn3)n[nH]c2cc1F. The molecule has 0 aliphatic carbocycles. The maximum absolute atomic E-state index is 14.6. The number of hydrogen-bond donors (Lipinski definition) is 2. The number of anilines is 1. The van der Waals surface area contributed by atoms with Crippen molar-refractivity contribution in [1.29, 1.82) is 5.41 Å². The first-order chi connectivity index (χ1) is 14.1. The number of aromatic amines is 1. The van der Waals surface area contributed by atoms with Gasteiger partial charge in [-0.2, -0.15) is 5.10 Å². The third-order valence-corrected chi connectivity index (χ3v) is 5.25. The number of nitrogens with one attached hydrogen (secondary N) is 2. The average molecular weight is 397 g/mol. The molecule has 0 spiro atoms. The van der Waals surface area contributed by atoms with E-state index < -0.39 is 11.7 Å². The largest absolute Gasteiger partial charge is 0.356 e. The summed E-state index contributed by atoms with van der Waals surface area (Å²) in [5, 5.41) is 15.5. The van der Waals surface area contributed by atoms with Crippen LogP contribution in [0.4, 0.5) is 14.6 Å². The van der Waals surface area contributed by atoms with Crippen molar-refractivity contribution in [1.82, 2.24) is 20.2 Å². The van der Waals surface area contributed by atoms with Gasteiger partial charge in [0.05, 0.1) is 23.8 Å². The number of rotatable bonds is 6. The van der Waals surface area contributed by atoms with Gasteiger partial charge in [0.15, 0.2) is 0 Å². The molecule has 0 bridgehead atoms. The van der Waals surface area contributed by atoms with E-state index in [1.54, 1.807) is 13.1 Å². The molecule has 1 fully saturated rings. The molecular weight excluding hydrogens is 376 g/mol. The molecule has 2 atom stereocenters. The fourth-order valence-electron chi connectivity index (χ4n) is 3.70. The Morgan fingerprint density at radius 1 is 1.38 bits per heavy atom. The van der Waals surface area contributed by atoms with E-state index in [2.05, 4.69) is 25.2 Å². The molecule has 9 heteroatoms. The van der Waals surface area contributed by atoms with E-state index >= 15 is 0 Å². The summed E-state index contributed by atoms with van der Waals surface area (Å²) in [6.07, 6.45) is 4.93. The van der Waals surface area contributed by atoms with Gasteiger partial charge in [0.1, 0.15) is 23.7 Å². The molecule has 1 aliphatic rings. The molecule has 1 aromatic carbocycles. The van der Waals surface area contributed by atoms with E-state index in [0.29, 0.717) is 34.4 Å². The molecule has 0 amide bonds. The average Bonchev–Trinajstić information content (AvgIpc) is 3.38. The second kappa shape index (κ2) is 8.02. The number of benzene rings is 1. The van der Waals surface area contributed by atoms with Crippen LogP contribution in [0, 0.1) is 17.1 Å². The summed E-state index contributed by atoms with van der Waals surface area (Å²) in [6.45, 7) is 1.04. The van der Waals surface area contributed by atoms with Gasteiger partial charge < -0.3 is 10.3 Å². The van der Waals surface area contributed by atoms with Crippen molar-refractivity contribution < 1.29 is 8.78 Å². The minimum Gasteiger partial charge on any atom is -0.356 e. The van der Waals surface area contributed by atoms with Crippen LogP contribution in [0.25, 0.3) is 22.3 Å². The highest BCUT2D eigenvalue weighted by molar-refractivity contribution is 5.96. The molecule has 1 saturated heterocycles. The topological polar surface area (TPSA) is 93.9 Å². The highest BCUT2D eigenvalue weighted by Crippen LogP contribution is 2.31. The lowest BCUT2D eigenvalue weighted by Gasteiger charge is -2.17. The van der Waals surface area contributed by atoms with Gasteiger partial charge in [0.25, 0.3) is 0 Å². The monoisotopic (exact) mass is 397 g/mol. The van der Waals surface area contributed by atoms with E-state index in [0.717, 1.165) is 25.0 Å². The lowest BCUT2D eigenvalue weighted by atomic mass is 9.98. The van der Waals surface area contributed by atoms with Crippen LogP contribution in [0.3, 0.4) is 0 Å². The molecule has 4 rings (SSSR count). The van der Waals surface area contributed by atoms with E-state index in [9.17, 15) is 8.78 Å². The molecular formula is C20H21F2N7. The van der Waals surface area contributed by atoms with Gasteiger partial charge in [-0.05, 0) is 18.6 Å². The number of aromatic nitrogens is 4. The van der Waals surface area contributed by atoms with Crippen LogP contribution < -0.4 is 4.90 Å². The number of nitrogens with zero attached hydrogens (tertiary/aromatic N) is 5. The Balaban J connectivity index is 1.75. The van der Waals surface area contributed by atoms with E-state index in [1.165, 1.54) is 18.6 Å². The number of hydrogen-bond acceptors (Lipinski definition) is 6. The van der Waals surface area contributed by atoms with Gasteiger partial charge in [0.2, 0.25) is 0 Å². The number of fused-ring (bicyclic) bond motifs is 1. The first-order valence-electron chi connectivity index (χ1n) is 9.38. The van der Waals surface area contributed by atoms with Gasteiger partial charge >= 0.3 is 0 Å². The molecule has 2 aromatic heterocycles. The van der Waals surface area contributed by atoms with Crippen molar-refractivity contribution in [3.05, 3.63) is 35.9 Å². The summed E-state index contributed by atoms with van der Waals surface area (Å²) in [6, 6.07) is 4.87. The van der Waals surface area contributed by atoms with Gasteiger partial charge in [-0.1, -0.05) is 0 Å². The van der Waals surface area contributed by atoms with Crippen LogP contribution >= 0.6 is 0 Å². The third kappa shape index (κ3) is 3.59. The molecule has 3 heterocycles. The van der Waals surface area contributed by atoms with Gasteiger partial charge in [-0.15, -0.1) is 0 Å². The normalized spacial score (nSPS) is 18.0. The van der Waals surface area contributed by atoms with Crippen molar-refractivity contribution in [2.75, 3.05) is 31.7 Å². The summed E-state index contributed by atoms with van der Waals surface area (Å²) in [5.41, 5.74) is 2.05. The van der Waals surface area contributed by atoms with E-state index in [4.69, 9.17) is 5.41 Å². The van der Waals surface area contributed by atoms with Crippen molar-refractivity contribution in [2.45, 2.75) is 12.3 Å². The Hall–Kier alpha value is -3.23. The summed E-state index contributed by atoms with van der Waals surface area (Å²) < 4.78 is 27.5. The highest BCUT2D eigenvalue weighted by atomic mass is 19.1. The Labute approximate surface area is 166 Å². The lowest BCUT2D eigenvalue weighted by molar-refractivity contribution is 0.384. The first kappa shape index (κ1) is 19.1. The molecule has 7 nitrogen and oxygen atoms in total. The van der Waals surface area contributed by atoms with Crippen LogP contribution in [0.5, 0.6) is 0 Å². The second-order valence-electron chi connectivity index (χ2n) is 7.11. The molecule has 1 aliphatic heterocycles. The fourth-order valence-corrected chi connectivity index (χ4v) is 3.70. The van der Waals surface area contributed by atoms with Crippen molar-refractivity contribution in [3.8, 4) is 11.4 Å². The predicted octanol–water partition coefficient (Wildman–Crippen LogP) is 3.39. The lowest BCUT2D eigenvalue weighted by Crippen LogP contribution is -2.21. The van der Waals surface area contributed by atoms with Gasteiger partial charge in [-0.25, -0.2) is 14.4 Å². The summed E-state index contributed by atoms with van der Waals surface area (Å²) >= 11 is 0. The van der Waals surface area contributed by atoms with E-state index in [-0.39, 0.29) is 12.6 Å². The summed E-state index contributed by atoms with van der Waals surface area (Å²) in [4.78, 5) is 14.6. The van der Waals surface area contributed by atoms with Crippen LogP contribution in [-0.2, 0) is 0 Å². The molecule has 0 saturated carbocycles.